The molecule has 4 nitrogen and oxygen atoms in total. The molecule has 13 heavy (non-hydrogen) atoms. The summed E-state index contributed by atoms with van der Waals surface area (Å²) in [5, 5.41) is 18.0. The zero-order valence-electron chi connectivity index (χ0n) is 7.20. The first-order valence-electron chi connectivity index (χ1n) is 3.98. The smallest absolute Gasteiger partial charge is 0.207 e. The lowest BCUT2D eigenvalue weighted by molar-refractivity contribution is -0.0871. The summed E-state index contributed by atoms with van der Waals surface area (Å²) in [6, 6.07) is 0. The van der Waals surface area contributed by atoms with Crippen molar-refractivity contribution in [2.24, 2.45) is 0 Å². The van der Waals surface area contributed by atoms with Crippen LogP contribution in [0.3, 0.4) is 0 Å². The van der Waals surface area contributed by atoms with E-state index in [1.54, 1.807) is 0 Å². The van der Waals surface area contributed by atoms with Gasteiger partial charge in [-0.3, -0.25) is 4.90 Å². The molecule has 6 heteroatoms. The normalized spacial score (nSPS) is 21.5. The van der Waals surface area contributed by atoms with Crippen molar-refractivity contribution in [3.8, 4) is 0 Å². The second-order valence-corrected chi connectivity index (χ2v) is 5.24. The van der Waals surface area contributed by atoms with Crippen LogP contribution in [0.5, 0.6) is 0 Å². The van der Waals surface area contributed by atoms with Crippen LogP contribution in [0.15, 0.2) is 0 Å². The van der Waals surface area contributed by atoms with E-state index in [-0.39, 0.29) is 0 Å². The highest BCUT2D eigenvalue weighted by molar-refractivity contribution is 7.15. The Kier molecular flexibility index (Phi) is 2.27. The molecule has 1 aliphatic heterocycles. The third-order valence-corrected chi connectivity index (χ3v) is 2.93. The van der Waals surface area contributed by atoms with Gasteiger partial charge in [-0.25, -0.2) is 0 Å². The second-order valence-electron chi connectivity index (χ2n) is 3.59. The van der Waals surface area contributed by atoms with Crippen LogP contribution in [0.1, 0.15) is 11.9 Å². The fraction of sp³-hybridized carbons (Fsp3) is 0.714. The maximum absolute atomic E-state index is 9.47. The highest BCUT2D eigenvalue weighted by Crippen LogP contribution is 2.24. The lowest BCUT2D eigenvalue weighted by Gasteiger charge is -2.43. The van der Waals surface area contributed by atoms with Gasteiger partial charge in [0.15, 0.2) is 0 Å². The molecular weight excluding hydrogens is 210 g/mol. The van der Waals surface area contributed by atoms with Crippen LogP contribution in [-0.2, 0) is 6.54 Å². The monoisotopic (exact) mass is 219 g/mol. The summed E-state index contributed by atoms with van der Waals surface area (Å²) >= 11 is 7.02. The number of aliphatic hydroxyl groups is 1. The number of nitrogens with zero attached hydrogens (tertiary/aromatic N) is 3. The van der Waals surface area contributed by atoms with E-state index in [1.165, 1.54) is 11.3 Å². The van der Waals surface area contributed by atoms with Gasteiger partial charge in [0.1, 0.15) is 5.01 Å². The Morgan fingerprint density at radius 3 is 2.77 bits per heavy atom. The average molecular weight is 220 g/mol. The molecule has 1 N–H and O–H groups in total. The Morgan fingerprint density at radius 2 is 2.31 bits per heavy atom. The Morgan fingerprint density at radius 1 is 1.62 bits per heavy atom. The first kappa shape index (κ1) is 9.33. The van der Waals surface area contributed by atoms with Crippen molar-refractivity contribution < 1.29 is 5.11 Å². The molecule has 0 aliphatic carbocycles. The Bertz CT molecular complexity index is 306. The molecule has 1 saturated heterocycles. The predicted octanol–water partition coefficient (Wildman–Crippen LogP) is 0.758. The minimum atomic E-state index is -0.519. The average Bonchev–Trinajstić information content (AvgIpc) is 2.31. The molecule has 0 unspecified atom stereocenters. The summed E-state index contributed by atoms with van der Waals surface area (Å²) in [4.78, 5) is 2.11. The third kappa shape index (κ3) is 2.17. The summed E-state index contributed by atoms with van der Waals surface area (Å²) in [5.41, 5.74) is -0.519. The summed E-state index contributed by atoms with van der Waals surface area (Å²) in [6.45, 7) is 3.96. The van der Waals surface area contributed by atoms with Gasteiger partial charge in [0, 0.05) is 13.1 Å². The fourth-order valence-corrected chi connectivity index (χ4v) is 2.43. The van der Waals surface area contributed by atoms with Crippen molar-refractivity contribution in [3.05, 3.63) is 9.47 Å². The fourth-order valence-electron chi connectivity index (χ4n) is 1.52. The van der Waals surface area contributed by atoms with Crippen molar-refractivity contribution in [1.29, 1.82) is 0 Å². The van der Waals surface area contributed by atoms with Crippen LogP contribution in [0.2, 0.25) is 4.47 Å². The van der Waals surface area contributed by atoms with Crippen LogP contribution >= 0.6 is 22.9 Å². The topological polar surface area (TPSA) is 49.2 Å². The highest BCUT2D eigenvalue weighted by Gasteiger charge is 2.36. The number of halogens is 1. The minimum absolute atomic E-state index is 0.474. The van der Waals surface area contributed by atoms with Gasteiger partial charge in [-0.05, 0) is 18.5 Å². The Labute approximate surface area is 85.2 Å². The number of likely N-dealkylation sites (tertiary alicyclic amines) is 1. The van der Waals surface area contributed by atoms with Gasteiger partial charge in [0.05, 0.1) is 12.1 Å². The maximum Gasteiger partial charge on any atom is 0.207 e. The SMILES string of the molecule is CC1(O)CN(Cc2nnc(Cl)s2)C1. The van der Waals surface area contributed by atoms with E-state index >= 15 is 0 Å². The molecule has 0 bridgehead atoms. The van der Waals surface area contributed by atoms with Crippen LogP contribution in [0.4, 0.5) is 0 Å². The Balaban J connectivity index is 1.87. The molecule has 0 saturated carbocycles. The first-order chi connectivity index (χ1) is 6.05. The van der Waals surface area contributed by atoms with Gasteiger partial charge in [-0.1, -0.05) is 11.3 Å². The van der Waals surface area contributed by atoms with E-state index in [9.17, 15) is 5.11 Å². The summed E-state index contributed by atoms with van der Waals surface area (Å²) < 4.78 is 0.474. The molecule has 1 fully saturated rings. The molecule has 1 aromatic heterocycles. The van der Waals surface area contributed by atoms with Gasteiger partial charge < -0.3 is 5.11 Å². The zero-order valence-corrected chi connectivity index (χ0v) is 8.77. The minimum Gasteiger partial charge on any atom is -0.388 e. The van der Waals surface area contributed by atoms with E-state index in [2.05, 4.69) is 15.1 Å². The predicted molar refractivity (Wildman–Crippen MR) is 50.8 cm³/mol. The molecule has 0 aromatic carbocycles. The van der Waals surface area contributed by atoms with Crippen LogP contribution in [0.25, 0.3) is 0 Å². The molecule has 0 radical (unpaired) electrons. The largest absolute Gasteiger partial charge is 0.388 e. The van der Waals surface area contributed by atoms with Crippen molar-refractivity contribution in [1.82, 2.24) is 15.1 Å². The van der Waals surface area contributed by atoms with Crippen LogP contribution in [-0.4, -0.2) is 38.9 Å². The number of hydrogen-bond donors (Lipinski definition) is 1. The van der Waals surface area contributed by atoms with Gasteiger partial charge >= 0.3 is 0 Å². The lowest BCUT2D eigenvalue weighted by atomic mass is 9.97. The molecule has 1 aliphatic rings. The lowest BCUT2D eigenvalue weighted by Crippen LogP contribution is -2.59. The number of rotatable bonds is 2. The van der Waals surface area contributed by atoms with Crippen LogP contribution < -0.4 is 0 Å². The highest BCUT2D eigenvalue weighted by atomic mass is 35.5. The molecular formula is C7H10ClN3OS. The van der Waals surface area contributed by atoms with E-state index in [0.29, 0.717) is 17.6 Å². The van der Waals surface area contributed by atoms with E-state index in [1.807, 2.05) is 6.92 Å². The first-order valence-corrected chi connectivity index (χ1v) is 5.17. The van der Waals surface area contributed by atoms with E-state index < -0.39 is 5.60 Å². The molecule has 2 heterocycles. The van der Waals surface area contributed by atoms with Crippen LogP contribution in [0, 0.1) is 0 Å². The molecule has 0 amide bonds. The van der Waals surface area contributed by atoms with Gasteiger partial charge in [0.2, 0.25) is 4.47 Å². The maximum atomic E-state index is 9.47. The molecule has 72 valence electrons. The van der Waals surface area contributed by atoms with Crippen molar-refractivity contribution >= 4 is 22.9 Å². The van der Waals surface area contributed by atoms with Crippen molar-refractivity contribution in [2.75, 3.05) is 13.1 Å². The van der Waals surface area contributed by atoms with E-state index in [0.717, 1.165) is 11.6 Å². The number of hydrogen-bond acceptors (Lipinski definition) is 5. The second kappa shape index (κ2) is 3.16. The summed E-state index contributed by atoms with van der Waals surface area (Å²) in [6.07, 6.45) is 0. The Hall–Kier alpha value is -0.230. The van der Waals surface area contributed by atoms with E-state index in [4.69, 9.17) is 11.6 Å². The van der Waals surface area contributed by atoms with Crippen molar-refractivity contribution in [3.63, 3.8) is 0 Å². The summed E-state index contributed by atoms with van der Waals surface area (Å²) in [5.74, 6) is 0. The summed E-state index contributed by atoms with van der Waals surface area (Å²) in [7, 11) is 0. The number of aromatic nitrogens is 2. The molecule has 1 aromatic rings. The molecule has 0 spiro atoms. The number of β-amino-alcohol motifs (C(OH)–C–C–N with tert-alkyl or cyclic N) is 1. The van der Waals surface area contributed by atoms with Gasteiger partial charge in [0.25, 0.3) is 0 Å². The molecule has 0 atom stereocenters. The third-order valence-electron chi connectivity index (χ3n) is 1.93. The van der Waals surface area contributed by atoms with Crippen molar-refractivity contribution in [2.45, 2.75) is 19.1 Å². The zero-order chi connectivity index (χ0) is 9.47. The molecule has 2 rings (SSSR count). The van der Waals surface area contributed by atoms with Gasteiger partial charge in [-0.15, -0.1) is 10.2 Å². The standard InChI is InChI=1S/C7H10ClN3OS/c1-7(12)3-11(4-7)2-5-9-10-6(8)13-5/h12H,2-4H2,1H3. The van der Waals surface area contributed by atoms with Gasteiger partial charge in [-0.2, -0.15) is 0 Å². The quantitative estimate of drug-likeness (QED) is 0.798.